The van der Waals surface area contributed by atoms with Gasteiger partial charge >= 0.3 is 0 Å². The molecule has 0 fully saturated rings. The molecule has 0 aliphatic heterocycles. The summed E-state index contributed by atoms with van der Waals surface area (Å²) in [6.07, 6.45) is 8.33. The van der Waals surface area contributed by atoms with E-state index >= 15 is 0 Å². The number of aromatic nitrogens is 3. The SMILES string of the molecule is CC1=CC(CN(C)Cc2cccnc2)C(C(C)C)CC1Cc1nnc(C)o1. The minimum Gasteiger partial charge on any atom is -0.426 e. The van der Waals surface area contributed by atoms with Crippen molar-refractivity contribution in [3.05, 3.63) is 53.5 Å². The fraction of sp³-hybridized carbons (Fsp3) is 0.591. The highest BCUT2D eigenvalue weighted by Gasteiger charge is 2.32. The molecule has 0 saturated heterocycles. The van der Waals surface area contributed by atoms with Crippen molar-refractivity contribution >= 4 is 0 Å². The Bertz CT molecular complexity index is 753. The predicted molar refractivity (Wildman–Crippen MR) is 107 cm³/mol. The molecule has 0 aromatic carbocycles. The Morgan fingerprint density at radius 1 is 1.26 bits per heavy atom. The van der Waals surface area contributed by atoms with E-state index < -0.39 is 0 Å². The van der Waals surface area contributed by atoms with Crippen LogP contribution in [0.4, 0.5) is 0 Å². The third-order valence-electron chi connectivity index (χ3n) is 5.77. The largest absolute Gasteiger partial charge is 0.426 e. The Kier molecular flexibility index (Phi) is 6.42. The van der Waals surface area contributed by atoms with Gasteiger partial charge in [0.05, 0.1) is 0 Å². The van der Waals surface area contributed by atoms with Gasteiger partial charge in [-0.3, -0.25) is 4.98 Å². The topological polar surface area (TPSA) is 55.1 Å². The molecule has 27 heavy (non-hydrogen) atoms. The number of rotatable bonds is 7. The molecular formula is C22H32N4O. The summed E-state index contributed by atoms with van der Waals surface area (Å²) in [4.78, 5) is 6.65. The maximum Gasteiger partial charge on any atom is 0.217 e. The van der Waals surface area contributed by atoms with Crippen LogP contribution < -0.4 is 0 Å². The lowest BCUT2D eigenvalue weighted by Gasteiger charge is -2.38. The molecule has 5 heteroatoms. The van der Waals surface area contributed by atoms with E-state index in [-0.39, 0.29) is 0 Å². The van der Waals surface area contributed by atoms with Gasteiger partial charge in [0.25, 0.3) is 0 Å². The molecule has 5 nitrogen and oxygen atoms in total. The zero-order valence-electron chi connectivity index (χ0n) is 17.2. The molecule has 0 N–H and O–H groups in total. The van der Waals surface area contributed by atoms with Crippen molar-refractivity contribution in [3.8, 4) is 0 Å². The first-order valence-corrected chi connectivity index (χ1v) is 9.97. The first kappa shape index (κ1) is 19.7. The van der Waals surface area contributed by atoms with Crippen LogP contribution >= 0.6 is 0 Å². The maximum absolute atomic E-state index is 5.62. The van der Waals surface area contributed by atoms with E-state index in [4.69, 9.17) is 4.42 Å². The van der Waals surface area contributed by atoms with Gasteiger partial charge in [-0.15, -0.1) is 10.2 Å². The number of nitrogens with zero attached hydrogens (tertiary/aromatic N) is 4. The minimum atomic E-state index is 0.497. The average molecular weight is 369 g/mol. The average Bonchev–Trinajstić information content (AvgIpc) is 3.02. The van der Waals surface area contributed by atoms with Crippen LogP contribution in [-0.4, -0.2) is 33.7 Å². The fourth-order valence-corrected chi connectivity index (χ4v) is 4.34. The highest BCUT2D eigenvalue weighted by Crippen LogP contribution is 2.39. The van der Waals surface area contributed by atoms with Crippen LogP contribution in [-0.2, 0) is 13.0 Å². The van der Waals surface area contributed by atoms with Crippen LogP contribution in [0.25, 0.3) is 0 Å². The van der Waals surface area contributed by atoms with Gasteiger partial charge in [0.1, 0.15) is 0 Å². The summed E-state index contributed by atoms with van der Waals surface area (Å²) in [7, 11) is 2.21. The second kappa shape index (κ2) is 8.79. The quantitative estimate of drug-likeness (QED) is 0.682. The molecule has 3 unspecified atom stereocenters. The lowest BCUT2D eigenvalue weighted by molar-refractivity contribution is 0.172. The lowest BCUT2D eigenvalue weighted by atomic mass is 9.69. The predicted octanol–water partition coefficient (Wildman–Crippen LogP) is 4.30. The molecule has 1 aliphatic rings. The van der Waals surface area contributed by atoms with Gasteiger partial charge in [0.2, 0.25) is 11.8 Å². The molecule has 1 aliphatic carbocycles. The normalized spacial score (nSPS) is 23.1. The Labute approximate surface area is 162 Å². The van der Waals surface area contributed by atoms with Crippen molar-refractivity contribution in [1.29, 1.82) is 0 Å². The third-order valence-corrected chi connectivity index (χ3v) is 5.77. The molecule has 2 heterocycles. The first-order chi connectivity index (χ1) is 12.9. The molecule has 146 valence electrons. The van der Waals surface area contributed by atoms with Crippen molar-refractivity contribution < 1.29 is 4.42 Å². The number of hydrogen-bond donors (Lipinski definition) is 0. The van der Waals surface area contributed by atoms with Crippen LogP contribution in [0.15, 0.2) is 40.6 Å². The van der Waals surface area contributed by atoms with Gasteiger partial charge in [-0.25, -0.2) is 0 Å². The Hall–Kier alpha value is -2.01. The Balaban J connectivity index is 1.68. The highest BCUT2D eigenvalue weighted by atomic mass is 16.4. The molecule has 2 aromatic heterocycles. The molecule has 0 amide bonds. The van der Waals surface area contributed by atoms with Crippen molar-refractivity contribution in [2.45, 2.75) is 47.1 Å². The van der Waals surface area contributed by atoms with Gasteiger partial charge in [0.15, 0.2) is 0 Å². The summed E-state index contributed by atoms with van der Waals surface area (Å²) in [5.74, 6) is 3.80. The highest BCUT2D eigenvalue weighted by molar-refractivity contribution is 5.14. The first-order valence-electron chi connectivity index (χ1n) is 9.97. The maximum atomic E-state index is 5.62. The van der Waals surface area contributed by atoms with Crippen LogP contribution in [0.3, 0.4) is 0 Å². The Morgan fingerprint density at radius 2 is 2.07 bits per heavy atom. The number of aryl methyl sites for hydroxylation is 1. The summed E-state index contributed by atoms with van der Waals surface area (Å²) in [5.41, 5.74) is 2.73. The van der Waals surface area contributed by atoms with Gasteiger partial charge in [-0.2, -0.15) is 0 Å². The van der Waals surface area contributed by atoms with E-state index in [0.29, 0.717) is 29.6 Å². The summed E-state index contributed by atoms with van der Waals surface area (Å²) in [6, 6.07) is 4.16. The van der Waals surface area contributed by atoms with Crippen molar-refractivity contribution in [3.63, 3.8) is 0 Å². The summed E-state index contributed by atoms with van der Waals surface area (Å²) >= 11 is 0. The monoisotopic (exact) mass is 368 g/mol. The number of pyridine rings is 1. The minimum absolute atomic E-state index is 0.497. The third kappa shape index (κ3) is 5.25. The smallest absolute Gasteiger partial charge is 0.217 e. The van der Waals surface area contributed by atoms with E-state index in [1.165, 1.54) is 17.6 Å². The van der Waals surface area contributed by atoms with Crippen molar-refractivity contribution in [1.82, 2.24) is 20.1 Å². The van der Waals surface area contributed by atoms with Gasteiger partial charge in [-0.1, -0.05) is 31.6 Å². The van der Waals surface area contributed by atoms with E-state index in [1.54, 1.807) is 0 Å². The van der Waals surface area contributed by atoms with Gasteiger partial charge in [-0.05, 0) is 55.7 Å². The summed E-state index contributed by atoms with van der Waals surface area (Å²) < 4.78 is 5.62. The molecule has 3 atom stereocenters. The molecule has 3 rings (SSSR count). The van der Waals surface area contributed by atoms with Gasteiger partial charge < -0.3 is 9.32 Å². The molecule has 0 bridgehead atoms. The summed E-state index contributed by atoms with van der Waals surface area (Å²) in [5, 5.41) is 8.18. The lowest BCUT2D eigenvalue weighted by Crippen LogP contribution is -2.35. The van der Waals surface area contributed by atoms with Crippen molar-refractivity contribution in [2.75, 3.05) is 13.6 Å². The van der Waals surface area contributed by atoms with Crippen LogP contribution in [0, 0.1) is 30.6 Å². The molecular weight excluding hydrogens is 336 g/mol. The fourth-order valence-electron chi connectivity index (χ4n) is 4.34. The van der Waals surface area contributed by atoms with E-state index in [0.717, 1.165) is 25.4 Å². The zero-order chi connectivity index (χ0) is 19.4. The standard InChI is InChI=1S/C22H32N4O/c1-15(2)21-10-19(11-22-25-24-17(4)27-22)16(3)9-20(21)14-26(5)13-18-7-6-8-23-12-18/h6-9,12,15,19-21H,10-11,13-14H2,1-5H3. The molecule has 0 radical (unpaired) electrons. The summed E-state index contributed by atoms with van der Waals surface area (Å²) in [6.45, 7) is 10.8. The zero-order valence-corrected chi connectivity index (χ0v) is 17.2. The van der Waals surface area contributed by atoms with E-state index in [2.05, 4.69) is 60.0 Å². The second-order valence-corrected chi connectivity index (χ2v) is 8.39. The second-order valence-electron chi connectivity index (χ2n) is 8.39. The van der Waals surface area contributed by atoms with Crippen molar-refractivity contribution in [2.24, 2.45) is 23.7 Å². The number of allylic oxidation sites excluding steroid dienone is 1. The van der Waals surface area contributed by atoms with Crippen LogP contribution in [0.1, 0.15) is 44.5 Å². The number of hydrogen-bond acceptors (Lipinski definition) is 5. The van der Waals surface area contributed by atoms with Crippen LogP contribution in [0.5, 0.6) is 0 Å². The van der Waals surface area contributed by atoms with E-state index in [1.807, 2.05) is 25.4 Å². The van der Waals surface area contributed by atoms with Crippen LogP contribution in [0.2, 0.25) is 0 Å². The molecule has 0 spiro atoms. The molecule has 2 aromatic rings. The van der Waals surface area contributed by atoms with Gasteiger partial charge in [0, 0.05) is 38.8 Å². The van der Waals surface area contributed by atoms with E-state index in [9.17, 15) is 0 Å². The molecule has 0 saturated carbocycles. The Morgan fingerprint density at radius 3 is 2.70 bits per heavy atom.